The van der Waals surface area contributed by atoms with E-state index < -0.39 is 11.9 Å². The molecule has 4 amide bonds. The Hall–Kier alpha value is -5.97. The lowest BCUT2D eigenvalue weighted by molar-refractivity contribution is -0.118. The zero-order valence-electron chi connectivity index (χ0n) is 32.8. The van der Waals surface area contributed by atoms with Gasteiger partial charge in [-0.25, -0.2) is 19.7 Å². The number of nitrogens with zero attached hydrogens (tertiary/aromatic N) is 4. The highest BCUT2D eigenvalue weighted by atomic mass is 16.3. The third-order valence-corrected chi connectivity index (χ3v) is 10.5. The Balaban J connectivity index is 1.28. The molecule has 2 atom stereocenters. The minimum atomic E-state index is -0.734. The highest BCUT2D eigenvalue weighted by molar-refractivity contribution is 6.31. The van der Waals surface area contributed by atoms with Crippen LogP contribution in [0.15, 0.2) is 88.7 Å². The molecule has 11 nitrogen and oxygen atoms in total. The molecule has 0 spiro atoms. The summed E-state index contributed by atoms with van der Waals surface area (Å²) in [5.74, 6) is 0.753. The Morgan fingerprint density at radius 1 is 1.00 bits per heavy atom. The first kappa shape index (κ1) is 38.7. The lowest BCUT2D eigenvalue weighted by atomic mass is 9.75. The van der Waals surface area contributed by atoms with Crippen molar-refractivity contribution in [2.75, 3.05) is 11.9 Å². The number of amides is 4. The fraction of sp³-hybridized carbons (Fsp3) is 0.341. The number of carbonyl (C=O) groups excluding carboxylic acids is 3. The zero-order chi connectivity index (χ0) is 39.8. The van der Waals surface area contributed by atoms with Gasteiger partial charge in [0, 0.05) is 30.6 Å². The number of imide groups is 1. The molecule has 3 aromatic rings. The Kier molecular flexibility index (Phi) is 10.9. The van der Waals surface area contributed by atoms with Crippen molar-refractivity contribution >= 4 is 41.0 Å². The lowest BCUT2D eigenvalue weighted by Crippen LogP contribution is -2.51. The van der Waals surface area contributed by atoms with E-state index in [9.17, 15) is 19.5 Å². The van der Waals surface area contributed by atoms with Crippen molar-refractivity contribution in [1.82, 2.24) is 25.6 Å². The van der Waals surface area contributed by atoms with Crippen LogP contribution in [0, 0.1) is 30.6 Å². The van der Waals surface area contributed by atoms with Crippen molar-refractivity contribution < 1.29 is 19.5 Å². The van der Waals surface area contributed by atoms with Crippen molar-refractivity contribution in [3.8, 4) is 11.4 Å². The van der Waals surface area contributed by atoms with Crippen LogP contribution in [0.3, 0.4) is 0 Å². The number of rotatable bonds is 8. The van der Waals surface area contributed by atoms with Gasteiger partial charge in [-0.05, 0) is 93.2 Å². The first-order valence-corrected chi connectivity index (χ1v) is 18.6. The highest BCUT2D eigenvalue weighted by Gasteiger charge is 2.33. The van der Waals surface area contributed by atoms with Crippen LogP contribution in [0.1, 0.15) is 94.6 Å². The van der Waals surface area contributed by atoms with Crippen LogP contribution in [0.25, 0.3) is 23.0 Å². The standard InChI is InChI=1S/C44H49N7O4/c1-24-9-16-31(26(3)19-24)39-47-40(32-17-10-25(2)20-27(32)4)49-41(48-39)33-22-29(23-35(37(33)53)44(5,6)7)13-18-36(52)51(8)30-14-11-28(12-15-30)21-34-38(45)46-43(55)50-42(34)54/h9-12,14-16,19-22,29,32,53H,13,17-18,23H2,1-8H3,(H3,45,46,50,54,55)/b34-21+. The molecule has 2 aromatic carbocycles. The first-order valence-electron chi connectivity index (χ1n) is 18.6. The molecule has 1 aromatic heterocycles. The maximum atomic E-state index is 13.6. The Morgan fingerprint density at radius 3 is 2.36 bits per heavy atom. The number of aliphatic hydroxyl groups is 1. The van der Waals surface area contributed by atoms with Gasteiger partial charge in [0.1, 0.15) is 17.4 Å². The number of aliphatic hydroxyl groups excluding tert-OH is 1. The van der Waals surface area contributed by atoms with Gasteiger partial charge in [0.25, 0.3) is 5.91 Å². The summed E-state index contributed by atoms with van der Waals surface area (Å²) in [6.07, 6.45) is 10.1. The van der Waals surface area contributed by atoms with Crippen LogP contribution < -0.4 is 15.5 Å². The first-order chi connectivity index (χ1) is 26.0. The largest absolute Gasteiger partial charge is 0.507 e. The van der Waals surface area contributed by atoms with Crippen molar-refractivity contribution in [2.24, 2.45) is 11.3 Å². The molecule has 2 aliphatic carbocycles. The summed E-state index contributed by atoms with van der Waals surface area (Å²) in [5, 5.41) is 24.3. The maximum absolute atomic E-state index is 13.6. The van der Waals surface area contributed by atoms with E-state index in [2.05, 4.69) is 83.4 Å². The minimum Gasteiger partial charge on any atom is -0.507 e. The van der Waals surface area contributed by atoms with Crippen molar-refractivity contribution in [2.45, 2.75) is 80.1 Å². The number of carbonyl (C=O) groups is 3. The van der Waals surface area contributed by atoms with E-state index in [-0.39, 0.29) is 46.7 Å². The second-order valence-corrected chi connectivity index (χ2v) is 15.8. The van der Waals surface area contributed by atoms with E-state index in [4.69, 9.17) is 20.4 Å². The minimum absolute atomic E-state index is 0.0232. The molecule has 1 saturated heterocycles. The summed E-state index contributed by atoms with van der Waals surface area (Å²) in [5.41, 5.74) is 7.96. The molecule has 0 radical (unpaired) electrons. The summed E-state index contributed by atoms with van der Waals surface area (Å²) >= 11 is 0. The molecule has 55 heavy (non-hydrogen) atoms. The number of nitrogens with one attached hydrogen (secondary N) is 3. The third kappa shape index (κ3) is 8.56. The molecule has 1 fully saturated rings. The van der Waals surface area contributed by atoms with Gasteiger partial charge in [0.2, 0.25) is 5.91 Å². The van der Waals surface area contributed by atoms with Gasteiger partial charge < -0.3 is 10.0 Å². The fourth-order valence-corrected chi connectivity index (χ4v) is 7.31. The predicted octanol–water partition coefficient (Wildman–Crippen LogP) is 8.44. The van der Waals surface area contributed by atoms with Crippen LogP contribution in [-0.4, -0.2) is 50.8 Å². The summed E-state index contributed by atoms with van der Waals surface area (Å²) in [6.45, 7) is 14.6. The molecule has 1 aliphatic heterocycles. The van der Waals surface area contributed by atoms with Crippen LogP contribution in [-0.2, 0) is 9.59 Å². The van der Waals surface area contributed by atoms with E-state index in [1.54, 1.807) is 36.2 Å². The molecule has 2 unspecified atom stereocenters. The SMILES string of the molecule is CC1=CCC(c2nc(C3=CC(CCC(=O)N(C)c4ccc(/C=C5\C(=N)NC(=O)NC5=O)cc4)CC(C(C)(C)C)=C3O)nc(-c3ccc(C)cc3C)n2)C(C)=C1. The molecule has 284 valence electrons. The number of hydrogen-bond acceptors (Lipinski definition) is 8. The average molecular weight is 740 g/mol. The molecule has 0 saturated carbocycles. The van der Waals surface area contributed by atoms with Gasteiger partial charge in [-0.15, -0.1) is 0 Å². The van der Waals surface area contributed by atoms with E-state index in [0.29, 0.717) is 47.1 Å². The summed E-state index contributed by atoms with van der Waals surface area (Å²) in [4.78, 5) is 54.0. The van der Waals surface area contributed by atoms with Crippen molar-refractivity contribution in [3.05, 3.63) is 117 Å². The van der Waals surface area contributed by atoms with E-state index in [1.165, 1.54) is 17.2 Å². The Morgan fingerprint density at radius 2 is 1.71 bits per heavy atom. The van der Waals surface area contributed by atoms with Gasteiger partial charge in [-0.1, -0.05) is 86.0 Å². The zero-order valence-corrected chi connectivity index (χ0v) is 32.8. The molecular formula is C44H49N7O4. The maximum Gasteiger partial charge on any atom is 0.327 e. The van der Waals surface area contributed by atoms with Crippen LogP contribution in [0.5, 0.6) is 0 Å². The normalized spacial score (nSPS) is 19.7. The van der Waals surface area contributed by atoms with Crippen LogP contribution in [0.4, 0.5) is 10.5 Å². The molecule has 0 bridgehead atoms. The number of aryl methyl sites for hydroxylation is 2. The molecule has 3 aliphatic rings. The predicted molar refractivity (Wildman–Crippen MR) is 216 cm³/mol. The monoisotopic (exact) mass is 739 g/mol. The van der Waals surface area contributed by atoms with Gasteiger partial charge in [0.15, 0.2) is 11.6 Å². The molecule has 4 N–H and O–H groups in total. The van der Waals surface area contributed by atoms with Gasteiger partial charge in [-0.3, -0.25) is 25.6 Å². The lowest BCUT2D eigenvalue weighted by Gasteiger charge is -2.32. The van der Waals surface area contributed by atoms with E-state index >= 15 is 0 Å². The second kappa shape index (κ2) is 15.4. The quantitative estimate of drug-likeness (QED) is 0.169. The summed E-state index contributed by atoms with van der Waals surface area (Å²) < 4.78 is 0. The third-order valence-electron chi connectivity index (χ3n) is 10.5. The topological polar surface area (TPSA) is 161 Å². The average Bonchev–Trinajstić information content (AvgIpc) is 3.11. The number of benzene rings is 2. The molecule has 11 heteroatoms. The molecular weight excluding hydrogens is 691 g/mol. The van der Waals surface area contributed by atoms with E-state index in [1.807, 2.05) is 12.1 Å². The second-order valence-electron chi connectivity index (χ2n) is 15.8. The fourth-order valence-electron chi connectivity index (χ4n) is 7.31. The highest BCUT2D eigenvalue weighted by Crippen LogP contribution is 2.43. The molecule has 2 heterocycles. The van der Waals surface area contributed by atoms with Gasteiger partial charge in [-0.2, -0.15) is 0 Å². The van der Waals surface area contributed by atoms with E-state index in [0.717, 1.165) is 28.7 Å². The number of hydrogen-bond donors (Lipinski definition) is 4. The summed E-state index contributed by atoms with van der Waals surface area (Å²) in [7, 11) is 1.73. The van der Waals surface area contributed by atoms with Crippen LogP contribution >= 0.6 is 0 Å². The van der Waals surface area contributed by atoms with Crippen molar-refractivity contribution in [1.29, 1.82) is 5.41 Å². The number of aromatic nitrogens is 3. The van der Waals surface area contributed by atoms with Gasteiger partial charge in [0.05, 0.1) is 11.1 Å². The number of urea groups is 1. The summed E-state index contributed by atoms with van der Waals surface area (Å²) in [6, 6.07) is 12.5. The number of anilines is 1. The Labute approximate surface area is 322 Å². The van der Waals surface area contributed by atoms with Gasteiger partial charge >= 0.3 is 6.03 Å². The Bertz CT molecular complexity index is 2230. The number of amidine groups is 1. The smallest absolute Gasteiger partial charge is 0.327 e. The van der Waals surface area contributed by atoms with Crippen LogP contribution in [0.2, 0.25) is 0 Å². The molecule has 6 rings (SSSR count). The number of allylic oxidation sites excluding steroid dienone is 7. The van der Waals surface area contributed by atoms with Crippen molar-refractivity contribution in [3.63, 3.8) is 0 Å².